The lowest BCUT2D eigenvalue weighted by Crippen LogP contribution is -2.27. The van der Waals surface area contributed by atoms with Crippen LogP contribution in [0.1, 0.15) is 22.3 Å². The molecule has 1 aliphatic rings. The summed E-state index contributed by atoms with van der Waals surface area (Å²) in [7, 11) is 1.67. The average molecular weight is 374 g/mol. The number of hydrogen-bond donors (Lipinski definition) is 1. The van der Waals surface area contributed by atoms with E-state index in [2.05, 4.69) is 41.2 Å². The van der Waals surface area contributed by atoms with Crippen molar-refractivity contribution in [3.8, 4) is 16.9 Å². The van der Waals surface area contributed by atoms with E-state index in [9.17, 15) is 0 Å². The summed E-state index contributed by atoms with van der Waals surface area (Å²) in [5, 5.41) is 0. The molecular formula is C22H22N4O2. The summed E-state index contributed by atoms with van der Waals surface area (Å²) in [6.45, 7) is 4.43. The maximum Gasteiger partial charge on any atom is 0.283 e. The Bertz CT molecular complexity index is 1050. The van der Waals surface area contributed by atoms with Gasteiger partial charge in [0.2, 0.25) is 0 Å². The molecule has 1 aliphatic heterocycles. The fourth-order valence-corrected chi connectivity index (χ4v) is 3.66. The zero-order chi connectivity index (χ0) is 19.7. The molecule has 0 bridgehead atoms. The van der Waals surface area contributed by atoms with Gasteiger partial charge >= 0.3 is 0 Å². The van der Waals surface area contributed by atoms with E-state index in [1.807, 2.05) is 31.5 Å². The first kappa shape index (κ1) is 18.0. The molecule has 2 heterocycles. The predicted molar refractivity (Wildman–Crippen MR) is 108 cm³/mol. The molecule has 28 heavy (non-hydrogen) atoms. The number of amidine groups is 1. The lowest BCUT2D eigenvalue weighted by atomic mass is 9.82. The Hall–Kier alpha value is -3.41. The first-order chi connectivity index (χ1) is 13.5. The van der Waals surface area contributed by atoms with Gasteiger partial charge in [-0.3, -0.25) is 0 Å². The minimum atomic E-state index is -0.709. The number of nitrogens with two attached hydrogens (primary N) is 1. The number of aryl methyl sites for hydroxylation is 2. The van der Waals surface area contributed by atoms with Crippen molar-refractivity contribution in [1.29, 1.82) is 0 Å². The second-order valence-corrected chi connectivity index (χ2v) is 6.94. The molecule has 0 fully saturated rings. The summed E-state index contributed by atoms with van der Waals surface area (Å²) >= 11 is 0. The van der Waals surface area contributed by atoms with E-state index < -0.39 is 5.54 Å². The molecule has 2 N–H and O–H groups in total. The van der Waals surface area contributed by atoms with Gasteiger partial charge in [0, 0.05) is 18.0 Å². The molecule has 0 saturated heterocycles. The van der Waals surface area contributed by atoms with Gasteiger partial charge in [0.15, 0.2) is 5.54 Å². The third kappa shape index (κ3) is 2.97. The van der Waals surface area contributed by atoms with Crippen LogP contribution < -0.4 is 10.5 Å². The van der Waals surface area contributed by atoms with Crippen molar-refractivity contribution in [1.82, 2.24) is 9.97 Å². The number of methoxy groups -OCH3 is 1. The van der Waals surface area contributed by atoms with Gasteiger partial charge in [-0.25, -0.2) is 15.0 Å². The smallest absolute Gasteiger partial charge is 0.283 e. The SMILES string of the molecule is COc1ccc([C@@]2(c3ccc(C)c(-c4cncnc4)c3)COC(N)=N2)cc1C. The number of aliphatic imine (C=N–C) groups is 1. The Morgan fingerprint density at radius 1 is 1.00 bits per heavy atom. The van der Waals surface area contributed by atoms with E-state index >= 15 is 0 Å². The molecule has 1 atom stereocenters. The molecular weight excluding hydrogens is 352 g/mol. The highest BCUT2D eigenvalue weighted by Gasteiger charge is 2.40. The van der Waals surface area contributed by atoms with E-state index in [-0.39, 0.29) is 6.02 Å². The number of ether oxygens (including phenoxy) is 2. The van der Waals surface area contributed by atoms with Crippen LogP contribution in [0.15, 0.2) is 60.1 Å². The Morgan fingerprint density at radius 3 is 2.36 bits per heavy atom. The summed E-state index contributed by atoms with van der Waals surface area (Å²) in [5.41, 5.74) is 11.4. The third-order valence-corrected chi connectivity index (χ3v) is 5.19. The number of rotatable bonds is 4. The van der Waals surface area contributed by atoms with Crippen LogP contribution in [0.2, 0.25) is 0 Å². The molecule has 0 aliphatic carbocycles. The van der Waals surface area contributed by atoms with Gasteiger partial charge in [-0.05, 0) is 59.9 Å². The van der Waals surface area contributed by atoms with Gasteiger partial charge in [0.05, 0.1) is 7.11 Å². The highest BCUT2D eigenvalue weighted by Crippen LogP contribution is 2.40. The molecule has 3 aromatic rings. The summed E-state index contributed by atoms with van der Waals surface area (Å²) in [4.78, 5) is 13.0. The Morgan fingerprint density at radius 2 is 1.71 bits per heavy atom. The zero-order valence-electron chi connectivity index (χ0n) is 16.1. The molecule has 0 amide bonds. The van der Waals surface area contributed by atoms with Crippen molar-refractivity contribution in [3.05, 3.63) is 77.4 Å². The largest absolute Gasteiger partial charge is 0.496 e. The molecule has 6 nitrogen and oxygen atoms in total. The van der Waals surface area contributed by atoms with Crippen LogP contribution >= 0.6 is 0 Å². The van der Waals surface area contributed by atoms with Crippen molar-refractivity contribution in [2.75, 3.05) is 13.7 Å². The fourth-order valence-electron chi connectivity index (χ4n) is 3.66. The van der Waals surface area contributed by atoms with Crippen molar-refractivity contribution in [2.24, 2.45) is 10.7 Å². The van der Waals surface area contributed by atoms with Crippen LogP contribution in [-0.2, 0) is 10.3 Å². The minimum absolute atomic E-state index is 0.193. The van der Waals surface area contributed by atoms with Crippen molar-refractivity contribution >= 4 is 6.02 Å². The van der Waals surface area contributed by atoms with E-state index in [0.717, 1.165) is 39.1 Å². The topological polar surface area (TPSA) is 82.6 Å². The summed E-state index contributed by atoms with van der Waals surface area (Å²) in [6.07, 6.45) is 5.15. The fraction of sp³-hybridized carbons (Fsp3) is 0.227. The molecule has 0 spiro atoms. The van der Waals surface area contributed by atoms with Crippen LogP contribution in [0.25, 0.3) is 11.1 Å². The van der Waals surface area contributed by atoms with Gasteiger partial charge in [0.1, 0.15) is 18.7 Å². The number of nitrogens with zero attached hydrogens (tertiary/aromatic N) is 3. The molecule has 0 unspecified atom stereocenters. The van der Waals surface area contributed by atoms with Gasteiger partial charge < -0.3 is 15.2 Å². The Balaban J connectivity index is 1.89. The molecule has 0 saturated carbocycles. The highest BCUT2D eigenvalue weighted by atomic mass is 16.5. The zero-order valence-corrected chi connectivity index (χ0v) is 16.1. The standard InChI is InChI=1S/C22H22N4O2/c1-14-4-5-18(9-19(14)16-10-24-13-25-11-16)22(12-28-21(23)26-22)17-6-7-20(27-3)15(2)8-17/h4-11,13H,12H2,1-3H3,(H2,23,26)/t22-/m1/s1. The maximum absolute atomic E-state index is 5.94. The molecule has 1 aromatic heterocycles. The van der Waals surface area contributed by atoms with E-state index in [0.29, 0.717) is 6.61 Å². The molecule has 142 valence electrons. The first-order valence-electron chi connectivity index (χ1n) is 9.03. The van der Waals surface area contributed by atoms with E-state index in [4.69, 9.17) is 20.2 Å². The second-order valence-electron chi connectivity index (χ2n) is 6.94. The van der Waals surface area contributed by atoms with Crippen LogP contribution in [0, 0.1) is 13.8 Å². The number of aromatic nitrogens is 2. The predicted octanol–water partition coefficient (Wildman–Crippen LogP) is 3.36. The lowest BCUT2D eigenvalue weighted by molar-refractivity contribution is 0.278. The Kier molecular flexibility index (Phi) is 4.47. The van der Waals surface area contributed by atoms with Crippen molar-refractivity contribution in [2.45, 2.75) is 19.4 Å². The van der Waals surface area contributed by atoms with E-state index in [1.165, 1.54) is 6.33 Å². The summed E-state index contributed by atoms with van der Waals surface area (Å²) in [5.74, 6) is 0.834. The third-order valence-electron chi connectivity index (χ3n) is 5.19. The monoisotopic (exact) mass is 374 g/mol. The van der Waals surface area contributed by atoms with Crippen LogP contribution in [0.3, 0.4) is 0 Å². The summed E-state index contributed by atoms with van der Waals surface area (Å²) in [6, 6.07) is 12.5. The molecule has 4 rings (SSSR count). The Labute approximate surface area is 164 Å². The quantitative estimate of drug-likeness (QED) is 0.757. The summed E-state index contributed by atoms with van der Waals surface area (Å²) < 4.78 is 11.0. The molecule has 2 aromatic carbocycles. The van der Waals surface area contributed by atoms with Gasteiger partial charge in [-0.1, -0.05) is 18.2 Å². The first-order valence-corrected chi connectivity index (χ1v) is 9.03. The van der Waals surface area contributed by atoms with Gasteiger partial charge in [0.25, 0.3) is 6.02 Å². The normalized spacial score (nSPS) is 18.5. The van der Waals surface area contributed by atoms with Crippen LogP contribution in [0.4, 0.5) is 0 Å². The second kappa shape index (κ2) is 6.96. The van der Waals surface area contributed by atoms with Crippen molar-refractivity contribution in [3.63, 3.8) is 0 Å². The van der Waals surface area contributed by atoms with Crippen molar-refractivity contribution < 1.29 is 9.47 Å². The minimum Gasteiger partial charge on any atom is -0.496 e. The number of benzene rings is 2. The molecule has 0 radical (unpaired) electrons. The van der Waals surface area contributed by atoms with Crippen LogP contribution in [-0.4, -0.2) is 29.7 Å². The van der Waals surface area contributed by atoms with Gasteiger partial charge in [-0.2, -0.15) is 0 Å². The number of hydrogen-bond acceptors (Lipinski definition) is 6. The maximum atomic E-state index is 5.94. The average Bonchev–Trinajstić information content (AvgIpc) is 3.12. The van der Waals surface area contributed by atoms with Crippen LogP contribution in [0.5, 0.6) is 5.75 Å². The molecule has 6 heteroatoms. The lowest BCUT2D eigenvalue weighted by Gasteiger charge is -2.27. The van der Waals surface area contributed by atoms with E-state index in [1.54, 1.807) is 7.11 Å². The van der Waals surface area contributed by atoms with Gasteiger partial charge in [-0.15, -0.1) is 0 Å². The highest BCUT2D eigenvalue weighted by molar-refractivity contribution is 5.76.